The first-order chi connectivity index (χ1) is 5.20. The Morgan fingerprint density at radius 3 is 2.73 bits per heavy atom. The van der Waals surface area contributed by atoms with Gasteiger partial charge in [-0.2, -0.15) is 0 Å². The van der Waals surface area contributed by atoms with E-state index in [1.807, 2.05) is 0 Å². The first-order valence-corrected chi connectivity index (χ1v) is 3.35. The van der Waals surface area contributed by atoms with Gasteiger partial charge in [-0.1, -0.05) is 0 Å². The van der Waals surface area contributed by atoms with Crippen LogP contribution < -0.4 is 0 Å². The van der Waals surface area contributed by atoms with Crippen molar-refractivity contribution in [3.8, 4) is 0 Å². The molecule has 0 aliphatic carbocycles. The number of aliphatic hydroxyl groups is 1. The van der Waals surface area contributed by atoms with Crippen LogP contribution in [0, 0.1) is 0 Å². The van der Waals surface area contributed by atoms with Gasteiger partial charge in [0.25, 0.3) is 6.43 Å². The van der Waals surface area contributed by atoms with Gasteiger partial charge in [-0.15, -0.1) is 0 Å². The van der Waals surface area contributed by atoms with Crippen LogP contribution in [0.25, 0.3) is 0 Å². The molecule has 1 heterocycles. The lowest BCUT2D eigenvalue weighted by Crippen LogP contribution is -2.28. The summed E-state index contributed by atoms with van der Waals surface area (Å²) in [5, 5.41) is 9.01. The first kappa shape index (κ1) is 8.83. The minimum atomic E-state index is -2.48. The van der Waals surface area contributed by atoms with Crippen LogP contribution in [0.4, 0.5) is 8.78 Å². The summed E-state index contributed by atoms with van der Waals surface area (Å²) in [6, 6.07) is 0. The fourth-order valence-electron chi connectivity index (χ4n) is 0.879. The van der Waals surface area contributed by atoms with Crippen LogP contribution in [0.3, 0.4) is 0 Å². The van der Waals surface area contributed by atoms with Crippen molar-refractivity contribution < 1.29 is 23.4 Å². The standard InChI is InChI=1S/C6H10F2O3/c7-6(8)3-11-5-2-10-1-4(5)9/h4-6,9H,1-3H2/t4-,5-/m0/s1. The summed E-state index contributed by atoms with van der Waals surface area (Å²) in [5.41, 5.74) is 0. The summed E-state index contributed by atoms with van der Waals surface area (Å²) in [6.45, 7) is -0.257. The largest absolute Gasteiger partial charge is 0.388 e. The van der Waals surface area contributed by atoms with E-state index in [2.05, 4.69) is 4.74 Å². The highest BCUT2D eigenvalue weighted by molar-refractivity contribution is 4.74. The molecule has 0 aromatic rings. The number of hydrogen-bond acceptors (Lipinski definition) is 3. The number of alkyl halides is 2. The lowest BCUT2D eigenvalue weighted by molar-refractivity contribution is -0.0562. The lowest BCUT2D eigenvalue weighted by atomic mass is 10.3. The summed E-state index contributed by atoms with van der Waals surface area (Å²) in [6.07, 6.45) is -3.82. The first-order valence-electron chi connectivity index (χ1n) is 3.35. The average Bonchev–Trinajstić information content (AvgIpc) is 2.31. The maximum absolute atomic E-state index is 11.6. The number of ether oxygens (including phenoxy) is 2. The highest BCUT2D eigenvalue weighted by Gasteiger charge is 2.27. The fourth-order valence-corrected chi connectivity index (χ4v) is 0.879. The highest BCUT2D eigenvalue weighted by atomic mass is 19.3. The molecule has 1 fully saturated rings. The molecule has 1 N–H and O–H groups in total. The molecule has 66 valence electrons. The van der Waals surface area contributed by atoms with Crippen molar-refractivity contribution in [2.45, 2.75) is 18.6 Å². The van der Waals surface area contributed by atoms with Crippen LogP contribution in [0.2, 0.25) is 0 Å². The van der Waals surface area contributed by atoms with Crippen LogP contribution in [-0.2, 0) is 9.47 Å². The Kier molecular flexibility index (Phi) is 3.16. The molecule has 0 amide bonds. The Morgan fingerprint density at radius 1 is 1.55 bits per heavy atom. The molecule has 0 saturated carbocycles. The molecule has 0 aromatic carbocycles. The third-order valence-corrected chi connectivity index (χ3v) is 1.44. The van der Waals surface area contributed by atoms with Crippen LogP contribution in [0.15, 0.2) is 0 Å². The molecular weight excluding hydrogens is 158 g/mol. The SMILES string of the molecule is O[C@H]1COC[C@@H]1OCC(F)F. The third kappa shape index (κ3) is 2.69. The number of hydrogen-bond donors (Lipinski definition) is 1. The van der Waals surface area contributed by atoms with E-state index in [1.54, 1.807) is 0 Å². The van der Waals surface area contributed by atoms with Gasteiger partial charge in [0.15, 0.2) is 0 Å². The Morgan fingerprint density at radius 2 is 2.27 bits per heavy atom. The van der Waals surface area contributed by atoms with E-state index in [9.17, 15) is 8.78 Å². The lowest BCUT2D eigenvalue weighted by Gasteiger charge is -2.12. The normalized spacial score (nSPS) is 31.6. The van der Waals surface area contributed by atoms with Crippen LogP contribution in [0.1, 0.15) is 0 Å². The maximum atomic E-state index is 11.6. The van der Waals surface area contributed by atoms with Gasteiger partial charge in [-0.3, -0.25) is 0 Å². The van der Waals surface area contributed by atoms with E-state index >= 15 is 0 Å². The molecule has 0 spiro atoms. The predicted molar refractivity (Wildman–Crippen MR) is 32.6 cm³/mol. The topological polar surface area (TPSA) is 38.7 Å². The summed E-state index contributed by atoms with van der Waals surface area (Å²) in [4.78, 5) is 0. The van der Waals surface area contributed by atoms with Gasteiger partial charge in [0, 0.05) is 0 Å². The molecule has 2 atom stereocenters. The van der Waals surface area contributed by atoms with Crippen molar-refractivity contribution in [1.29, 1.82) is 0 Å². The van der Waals surface area contributed by atoms with Gasteiger partial charge in [-0.25, -0.2) is 8.78 Å². The molecule has 0 unspecified atom stereocenters. The van der Waals surface area contributed by atoms with E-state index in [0.717, 1.165) is 0 Å². The molecular formula is C6H10F2O3. The summed E-state index contributed by atoms with van der Waals surface area (Å²) in [5.74, 6) is 0. The van der Waals surface area contributed by atoms with Crippen molar-refractivity contribution in [1.82, 2.24) is 0 Å². The second-order valence-corrected chi connectivity index (χ2v) is 2.37. The van der Waals surface area contributed by atoms with Crippen molar-refractivity contribution >= 4 is 0 Å². The molecule has 1 saturated heterocycles. The van der Waals surface area contributed by atoms with E-state index in [-0.39, 0.29) is 13.2 Å². The summed E-state index contributed by atoms with van der Waals surface area (Å²) in [7, 11) is 0. The van der Waals surface area contributed by atoms with E-state index in [0.29, 0.717) is 0 Å². The molecule has 1 aliphatic heterocycles. The van der Waals surface area contributed by atoms with Gasteiger partial charge in [0.1, 0.15) is 18.8 Å². The average molecular weight is 168 g/mol. The second kappa shape index (κ2) is 3.94. The molecule has 11 heavy (non-hydrogen) atoms. The fraction of sp³-hybridized carbons (Fsp3) is 1.00. The third-order valence-electron chi connectivity index (χ3n) is 1.44. The van der Waals surface area contributed by atoms with Crippen LogP contribution in [0.5, 0.6) is 0 Å². The number of rotatable bonds is 3. The maximum Gasteiger partial charge on any atom is 0.261 e. The summed E-state index contributed by atoms with van der Waals surface area (Å²) >= 11 is 0. The zero-order chi connectivity index (χ0) is 8.27. The van der Waals surface area contributed by atoms with Gasteiger partial charge >= 0.3 is 0 Å². The quantitative estimate of drug-likeness (QED) is 0.646. The second-order valence-electron chi connectivity index (χ2n) is 2.37. The van der Waals surface area contributed by atoms with Gasteiger partial charge in [0.05, 0.1) is 13.2 Å². The van der Waals surface area contributed by atoms with Crippen LogP contribution in [-0.4, -0.2) is 43.6 Å². The van der Waals surface area contributed by atoms with E-state index in [1.165, 1.54) is 0 Å². The zero-order valence-electron chi connectivity index (χ0n) is 5.87. The molecule has 3 nitrogen and oxygen atoms in total. The van der Waals surface area contributed by atoms with Crippen molar-refractivity contribution in [3.63, 3.8) is 0 Å². The Labute approximate surface area is 62.9 Å². The summed E-state index contributed by atoms with van der Waals surface area (Å²) < 4.78 is 32.6. The minimum absolute atomic E-state index is 0.175. The van der Waals surface area contributed by atoms with Gasteiger partial charge in [-0.05, 0) is 0 Å². The predicted octanol–water partition coefficient (Wildman–Crippen LogP) is 0.0278. The van der Waals surface area contributed by atoms with Gasteiger partial charge in [0.2, 0.25) is 0 Å². The Hall–Kier alpha value is -0.260. The van der Waals surface area contributed by atoms with Crippen molar-refractivity contribution in [3.05, 3.63) is 0 Å². The molecule has 1 rings (SSSR count). The minimum Gasteiger partial charge on any atom is -0.388 e. The molecule has 5 heteroatoms. The Balaban J connectivity index is 2.15. The smallest absolute Gasteiger partial charge is 0.261 e. The van der Waals surface area contributed by atoms with Gasteiger partial charge < -0.3 is 14.6 Å². The van der Waals surface area contributed by atoms with E-state index < -0.39 is 25.2 Å². The molecule has 0 bridgehead atoms. The number of halogens is 2. The highest BCUT2D eigenvalue weighted by Crippen LogP contribution is 2.10. The van der Waals surface area contributed by atoms with Crippen molar-refractivity contribution in [2.24, 2.45) is 0 Å². The number of aliphatic hydroxyl groups excluding tert-OH is 1. The monoisotopic (exact) mass is 168 g/mol. The molecule has 0 aromatic heterocycles. The van der Waals surface area contributed by atoms with E-state index in [4.69, 9.17) is 9.84 Å². The Bertz CT molecular complexity index is 120. The van der Waals surface area contributed by atoms with Crippen LogP contribution >= 0.6 is 0 Å². The van der Waals surface area contributed by atoms with Crippen molar-refractivity contribution in [2.75, 3.05) is 19.8 Å². The molecule has 0 radical (unpaired) electrons. The molecule has 1 aliphatic rings. The zero-order valence-corrected chi connectivity index (χ0v) is 5.87.